The first kappa shape index (κ1) is 37.0. The van der Waals surface area contributed by atoms with Gasteiger partial charge in [0, 0.05) is 64.1 Å². The van der Waals surface area contributed by atoms with Crippen LogP contribution < -0.4 is 15.4 Å². The van der Waals surface area contributed by atoms with Crippen LogP contribution in [0.5, 0.6) is 5.75 Å². The zero-order valence-electron chi connectivity index (χ0n) is 26.5. The van der Waals surface area contributed by atoms with Crippen molar-refractivity contribution >= 4 is 33.6 Å². The third kappa shape index (κ3) is 9.20. The lowest BCUT2D eigenvalue weighted by molar-refractivity contribution is -0.274. The van der Waals surface area contributed by atoms with Gasteiger partial charge in [-0.1, -0.05) is 31.2 Å². The number of halogens is 5. The number of nitrogens with zero attached hydrogens (tertiary/aromatic N) is 4. The van der Waals surface area contributed by atoms with Gasteiger partial charge < -0.3 is 25.2 Å². The minimum Gasteiger partial charge on any atom is -0.406 e. The van der Waals surface area contributed by atoms with Crippen molar-refractivity contribution in [1.29, 1.82) is 0 Å². The zero-order valence-corrected chi connectivity index (χ0v) is 27.3. The van der Waals surface area contributed by atoms with Crippen LogP contribution in [0.25, 0.3) is 0 Å². The van der Waals surface area contributed by atoms with Crippen molar-refractivity contribution in [2.75, 3.05) is 39.0 Å². The number of nitrogens with one attached hydrogen (secondary N) is 2. The number of hydrogen-bond donors (Lipinski definition) is 2. The number of benzene rings is 2. The maximum absolute atomic E-state index is 14.0. The first-order chi connectivity index (χ1) is 22.9. The number of piperazine rings is 1. The monoisotopic (exact) mass is 712 g/mol. The van der Waals surface area contributed by atoms with Crippen LogP contribution in [0.15, 0.2) is 71.8 Å². The van der Waals surface area contributed by atoms with E-state index < -0.39 is 69.8 Å². The summed E-state index contributed by atoms with van der Waals surface area (Å²) in [6.45, 7) is 0.160. The summed E-state index contributed by atoms with van der Waals surface area (Å²) in [5.74, 6) is -4.95. The summed E-state index contributed by atoms with van der Waals surface area (Å²) in [5, 5.41) is 5.19. The summed E-state index contributed by atoms with van der Waals surface area (Å²) in [5.41, 5.74) is 0.480. The minimum atomic E-state index is -5.00. The first-order valence-electron chi connectivity index (χ1n) is 14.8. The van der Waals surface area contributed by atoms with Crippen LogP contribution >= 0.6 is 0 Å². The van der Waals surface area contributed by atoms with Crippen LogP contribution in [0.2, 0.25) is 0 Å². The van der Waals surface area contributed by atoms with Crippen molar-refractivity contribution < 1.29 is 49.5 Å². The Labute approximate surface area is 278 Å². The van der Waals surface area contributed by atoms with Crippen molar-refractivity contribution in [3.05, 3.63) is 83.7 Å². The summed E-state index contributed by atoms with van der Waals surface area (Å²) in [4.78, 5) is 45.2. The van der Waals surface area contributed by atoms with Crippen molar-refractivity contribution in [3.63, 3.8) is 0 Å². The summed E-state index contributed by atoms with van der Waals surface area (Å²) in [6, 6.07) is 9.20. The maximum atomic E-state index is 14.0. The second kappa shape index (κ2) is 14.7. The van der Waals surface area contributed by atoms with Gasteiger partial charge in [0.15, 0.2) is 0 Å². The molecule has 0 spiro atoms. The molecule has 2 heterocycles. The fourth-order valence-electron chi connectivity index (χ4n) is 4.84. The lowest BCUT2D eigenvalue weighted by Gasteiger charge is -2.39. The maximum Gasteiger partial charge on any atom is 0.573 e. The van der Waals surface area contributed by atoms with E-state index in [1.807, 2.05) is 0 Å². The van der Waals surface area contributed by atoms with E-state index in [-0.39, 0.29) is 36.6 Å². The summed E-state index contributed by atoms with van der Waals surface area (Å²) < 4.78 is 98.0. The highest BCUT2D eigenvalue weighted by Crippen LogP contribution is 2.31. The number of anilines is 1. The molecule has 0 bridgehead atoms. The van der Waals surface area contributed by atoms with Gasteiger partial charge in [0.1, 0.15) is 17.5 Å². The zero-order chi connectivity index (χ0) is 36.1. The molecule has 1 aliphatic heterocycles. The Balaban J connectivity index is 1.56. The topological polar surface area (TPSA) is 141 Å². The molecule has 12 nitrogen and oxygen atoms in total. The third-order valence-electron chi connectivity index (χ3n) is 7.51. The fourth-order valence-corrected chi connectivity index (χ4v) is 6.41. The van der Waals surface area contributed by atoms with E-state index in [1.165, 1.54) is 73.4 Å². The van der Waals surface area contributed by atoms with E-state index in [2.05, 4.69) is 20.4 Å². The molecule has 2 N–H and O–H groups in total. The van der Waals surface area contributed by atoms with Crippen LogP contribution in [-0.4, -0.2) is 91.5 Å². The van der Waals surface area contributed by atoms with Gasteiger partial charge in [-0.05, 0) is 42.0 Å². The Morgan fingerprint density at radius 1 is 0.980 bits per heavy atom. The lowest BCUT2D eigenvalue weighted by Crippen LogP contribution is -2.61. The number of pyridine rings is 1. The van der Waals surface area contributed by atoms with Gasteiger partial charge in [-0.15, -0.1) is 13.2 Å². The molecule has 1 fully saturated rings. The van der Waals surface area contributed by atoms with Gasteiger partial charge in [0.2, 0.25) is 15.9 Å². The Morgan fingerprint density at radius 2 is 1.63 bits per heavy atom. The number of ether oxygens (including phenoxy) is 1. The molecule has 49 heavy (non-hydrogen) atoms. The molecule has 18 heteroatoms. The Hall–Kier alpha value is -4.84. The Morgan fingerprint density at radius 3 is 2.22 bits per heavy atom. The smallest absolute Gasteiger partial charge is 0.406 e. The predicted octanol–water partition coefficient (Wildman–Crippen LogP) is 4.41. The fraction of sp³-hybridized carbons (Fsp3) is 0.355. The molecular formula is C31H33F5N6O6S. The lowest BCUT2D eigenvalue weighted by atomic mass is 10.0. The van der Waals surface area contributed by atoms with Gasteiger partial charge >= 0.3 is 12.4 Å². The standard InChI is InChI=1S/C31H33F5N6O6S/c1-4-30(32,33)21-7-5-20(6-8-21)18-38-27(43)26-19-41(29(45)39-22-13-14-37-25(17-22)28(44)40(2)3)15-16-42(26)49(46,47)24-11-9-23(10-12-24)48-31(34,35)36/h5-14,17,26H,4,15-16,18-19H2,1-3H3,(H,38,43)(H,37,39,45)/t26-/m1/s1. The number of carbonyl (C=O) groups excluding carboxylic acids is 3. The molecule has 1 atom stereocenters. The number of alkyl halides is 5. The van der Waals surface area contributed by atoms with E-state index >= 15 is 0 Å². The van der Waals surface area contributed by atoms with Gasteiger partial charge in [-0.3, -0.25) is 14.6 Å². The second-order valence-electron chi connectivity index (χ2n) is 11.1. The average molecular weight is 713 g/mol. The normalized spacial score (nSPS) is 15.8. The highest BCUT2D eigenvalue weighted by atomic mass is 32.2. The van der Waals surface area contributed by atoms with Crippen LogP contribution in [0.1, 0.15) is 35.0 Å². The van der Waals surface area contributed by atoms with Crippen LogP contribution in [-0.2, 0) is 27.3 Å². The number of hydrogen-bond acceptors (Lipinski definition) is 7. The number of amides is 4. The van der Waals surface area contributed by atoms with E-state index in [1.54, 1.807) is 0 Å². The van der Waals surface area contributed by atoms with E-state index in [0.717, 1.165) is 28.6 Å². The Bertz CT molecular complexity index is 1770. The molecule has 4 rings (SSSR count). The van der Waals surface area contributed by atoms with Gasteiger partial charge in [0.25, 0.3) is 11.8 Å². The number of aromatic nitrogens is 1. The molecule has 3 aromatic rings. The molecule has 264 valence electrons. The molecule has 2 aromatic carbocycles. The van der Waals surface area contributed by atoms with E-state index in [4.69, 9.17) is 0 Å². The third-order valence-corrected chi connectivity index (χ3v) is 9.43. The molecular weight excluding hydrogens is 679 g/mol. The van der Waals surface area contributed by atoms with Gasteiger partial charge in [0.05, 0.1) is 4.90 Å². The Kier molecular flexibility index (Phi) is 11.1. The summed E-state index contributed by atoms with van der Waals surface area (Å²) in [6.07, 6.45) is -4.10. The quantitative estimate of drug-likeness (QED) is 0.297. The summed E-state index contributed by atoms with van der Waals surface area (Å²) in [7, 11) is -1.46. The van der Waals surface area contributed by atoms with Crippen LogP contribution in [0.3, 0.4) is 0 Å². The van der Waals surface area contributed by atoms with Crippen LogP contribution in [0, 0.1) is 0 Å². The second-order valence-corrected chi connectivity index (χ2v) is 13.0. The SMILES string of the molecule is CCC(F)(F)c1ccc(CNC(=O)[C@H]2CN(C(=O)Nc3ccnc(C(=O)N(C)C)c3)CCN2S(=O)(=O)c2ccc(OC(F)(F)F)cc2)cc1. The number of rotatable bonds is 10. The molecule has 0 unspecified atom stereocenters. The molecule has 1 saturated heterocycles. The molecule has 1 aliphatic rings. The first-order valence-corrected chi connectivity index (χ1v) is 16.2. The van der Waals surface area contributed by atoms with Crippen molar-refractivity contribution in [1.82, 2.24) is 24.4 Å². The van der Waals surface area contributed by atoms with E-state index in [0.29, 0.717) is 5.56 Å². The highest BCUT2D eigenvalue weighted by Gasteiger charge is 2.42. The molecule has 0 radical (unpaired) electrons. The summed E-state index contributed by atoms with van der Waals surface area (Å²) >= 11 is 0. The van der Waals surface area contributed by atoms with Crippen molar-refractivity contribution in [2.45, 2.75) is 43.1 Å². The average Bonchev–Trinajstić information content (AvgIpc) is 3.06. The molecule has 4 amide bonds. The predicted molar refractivity (Wildman–Crippen MR) is 166 cm³/mol. The van der Waals surface area contributed by atoms with Crippen molar-refractivity contribution in [3.8, 4) is 5.75 Å². The number of urea groups is 1. The van der Waals surface area contributed by atoms with Crippen molar-refractivity contribution in [2.24, 2.45) is 0 Å². The number of carbonyl (C=O) groups is 3. The van der Waals surface area contributed by atoms with Gasteiger partial charge in [-0.2, -0.15) is 4.31 Å². The van der Waals surface area contributed by atoms with Gasteiger partial charge in [-0.25, -0.2) is 22.0 Å². The van der Waals surface area contributed by atoms with Crippen LogP contribution in [0.4, 0.5) is 32.4 Å². The van der Waals surface area contributed by atoms with E-state index in [9.17, 15) is 44.8 Å². The molecule has 0 saturated carbocycles. The highest BCUT2D eigenvalue weighted by molar-refractivity contribution is 7.89. The largest absolute Gasteiger partial charge is 0.573 e. The molecule has 0 aliphatic carbocycles. The minimum absolute atomic E-state index is 0.0501. The molecule has 1 aromatic heterocycles. The number of sulfonamides is 1.